The molecule has 1 aliphatic rings. The van der Waals surface area contributed by atoms with Gasteiger partial charge in [0.15, 0.2) is 5.17 Å². The Bertz CT molecular complexity index is 240. The van der Waals surface area contributed by atoms with E-state index in [4.69, 9.17) is 4.74 Å². The molecule has 0 aromatic carbocycles. The third-order valence-electron chi connectivity index (χ3n) is 3.08. The highest BCUT2D eigenvalue weighted by Gasteiger charge is 2.25. The van der Waals surface area contributed by atoms with E-state index in [1.807, 2.05) is 11.8 Å². The second-order valence-corrected chi connectivity index (χ2v) is 5.95. The molecule has 100 valence electrons. The highest BCUT2D eigenvalue weighted by molar-refractivity contribution is 8.14. The molecule has 0 radical (unpaired) electrons. The van der Waals surface area contributed by atoms with Crippen LogP contribution in [-0.2, 0) is 4.74 Å². The fourth-order valence-corrected chi connectivity index (χ4v) is 3.35. The monoisotopic (exact) mass is 258 g/mol. The number of aliphatic imine (C=N–C) groups is 1. The average molecular weight is 258 g/mol. The summed E-state index contributed by atoms with van der Waals surface area (Å²) < 4.78 is 5.49. The molecule has 0 bridgehead atoms. The molecule has 0 saturated heterocycles. The maximum absolute atomic E-state index is 5.49. The number of nitrogens with zero attached hydrogens (tertiary/aromatic N) is 1. The van der Waals surface area contributed by atoms with E-state index in [0.29, 0.717) is 11.4 Å². The summed E-state index contributed by atoms with van der Waals surface area (Å²) in [5, 5.41) is 5.14. The minimum atomic E-state index is 0.312. The zero-order valence-electron chi connectivity index (χ0n) is 11.5. The zero-order valence-corrected chi connectivity index (χ0v) is 12.3. The first-order valence-electron chi connectivity index (χ1n) is 6.73. The van der Waals surface area contributed by atoms with Gasteiger partial charge in [-0.2, -0.15) is 0 Å². The van der Waals surface area contributed by atoms with Crippen molar-refractivity contribution in [1.29, 1.82) is 0 Å². The molecule has 0 amide bonds. The van der Waals surface area contributed by atoms with Crippen LogP contribution in [0.5, 0.6) is 0 Å². The molecule has 1 N–H and O–H groups in total. The minimum Gasteiger partial charge on any atom is -0.377 e. The molecule has 1 heterocycles. The Morgan fingerprint density at radius 2 is 2.12 bits per heavy atom. The Hall–Kier alpha value is -0.220. The first-order chi connectivity index (χ1) is 8.17. The summed E-state index contributed by atoms with van der Waals surface area (Å²) in [7, 11) is 0. The smallest absolute Gasteiger partial charge is 0.157 e. The van der Waals surface area contributed by atoms with E-state index in [-0.39, 0.29) is 0 Å². The van der Waals surface area contributed by atoms with E-state index in [1.165, 1.54) is 12.8 Å². The molecule has 1 aliphatic heterocycles. The van der Waals surface area contributed by atoms with E-state index in [1.54, 1.807) is 0 Å². The molecule has 0 saturated carbocycles. The topological polar surface area (TPSA) is 33.6 Å². The summed E-state index contributed by atoms with van der Waals surface area (Å²) in [5.74, 6) is 0.801. The van der Waals surface area contributed by atoms with Crippen molar-refractivity contribution in [1.82, 2.24) is 5.32 Å². The van der Waals surface area contributed by atoms with Gasteiger partial charge in [-0.15, -0.1) is 0 Å². The van der Waals surface area contributed by atoms with Crippen LogP contribution in [0.1, 0.15) is 40.5 Å². The van der Waals surface area contributed by atoms with Crippen LogP contribution in [0.25, 0.3) is 0 Å². The van der Waals surface area contributed by atoms with Crippen molar-refractivity contribution in [3.05, 3.63) is 0 Å². The maximum atomic E-state index is 5.49. The molecule has 17 heavy (non-hydrogen) atoms. The Labute approximate surface area is 110 Å². The van der Waals surface area contributed by atoms with Crippen LogP contribution in [0, 0.1) is 5.92 Å². The number of hydrogen-bond donors (Lipinski definition) is 1. The summed E-state index contributed by atoms with van der Waals surface area (Å²) in [6.45, 7) is 11.3. The van der Waals surface area contributed by atoms with Crippen molar-refractivity contribution in [2.45, 2.75) is 51.9 Å². The second kappa shape index (κ2) is 7.98. The van der Waals surface area contributed by atoms with Gasteiger partial charge in [-0.05, 0) is 19.8 Å². The van der Waals surface area contributed by atoms with Gasteiger partial charge in [0.1, 0.15) is 0 Å². The average Bonchev–Trinajstić information content (AvgIpc) is 2.75. The normalized spacial score (nSPS) is 20.1. The summed E-state index contributed by atoms with van der Waals surface area (Å²) in [5.41, 5.74) is 0. The minimum absolute atomic E-state index is 0.312. The molecule has 0 aliphatic carbocycles. The van der Waals surface area contributed by atoms with Crippen LogP contribution in [0.2, 0.25) is 0 Å². The van der Waals surface area contributed by atoms with Crippen molar-refractivity contribution in [3.8, 4) is 0 Å². The number of nitrogens with one attached hydrogen (secondary N) is 1. The standard InChI is InChI=1S/C13H26N2OS/c1-5-11(6-2)12-9-15-13(17-12)14-7-8-16-10(3)4/h10-12H,5-9H2,1-4H3,(H,14,15). The zero-order chi connectivity index (χ0) is 12.7. The van der Waals surface area contributed by atoms with Crippen molar-refractivity contribution in [3.63, 3.8) is 0 Å². The van der Waals surface area contributed by atoms with E-state index in [0.717, 1.165) is 30.8 Å². The quantitative estimate of drug-likeness (QED) is 0.713. The third-order valence-corrected chi connectivity index (χ3v) is 4.42. The highest BCUT2D eigenvalue weighted by Crippen LogP contribution is 2.30. The molecular weight excluding hydrogens is 232 g/mol. The Kier molecular flexibility index (Phi) is 6.97. The number of amidine groups is 1. The highest BCUT2D eigenvalue weighted by atomic mass is 32.2. The van der Waals surface area contributed by atoms with Gasteiger partial charge >= 0.3 is 0 Å². The molecule has 0 spiro atoms. The van der Waals surface area contributed by atoms with Crippen LogP contribution in [0.4, 0.5) is 0 Å². The van der Waals surface area contributed by atoms with Gasteiger partial charge < -0.3 is 10.1 Å². The van der Waals surface area contributed by atoms with Crippen LogP contribution < -0.4 is 5.32 Å². The largest absolute Gasteiger partial charge is 0.377 e. The first-order valence-corrected chi connectivity index (χ1v) is 7.61. The Morgan fingerprint density at radius 1 is 1.41 bits per heavy atom. The Morgan fingerprint density at radius 3 is 2.71 bits per heavy atom. The van der Waals surface area contributed by atoms with Gasteiger partial charge in [0, 0.05) is 11.8 Å². The fraction of sp³-hybridized carbons (Fsp3) is 0.923. The summed E-state index contributed by atoms with van der Waals surface area (Å²) in [6, 6.07) is 0. The molecule has 1 rings (SSSR count). The van der Waals surface area contributed by atoms with Gasteiger partial charge in [0.2, 0.25) is 0 Å². The first kappa shape index (κ1) is 14.8. The fourth-order valence-electron chi connectivity index (χ4n) is 2.00. The van der Waals surface area contributed by atoms with Crippen molar-refractivity contribution < 1.29 is 4.74 Å². The molecule has 3 nitrogen and oxygen atoms in total. The Balaban J connectivity index is 2.16. The SMILES string of the molecule is CCC(CC)C1CN=C(NCCOC(C)C)S1. The number of thioether (sulfide) groups is 1. The van der Waals surface area contributed by atoms with E-state index in [2.05, 4.69) is 38.0 Å². The lowest BCUT2D eigenvalue weighted by Crippen LogP contribution is -2.26. The molecule has 4 heteroatoms. The third kappa shape index (κ3) is 5.30. The van der Waals surface area contributed by atoms with Crippen LogP contribution in [-0.4, -0.2) is 36.2 Å². The van der Waals surface area contributed by atoms with E-state index in [9.17, 15) is 0 Å². The van der Waals surface area contributed by atoms with Gasteiger partial charge in [-0.1, -0.05) is 38.5 Å². The van der Waals surface area contributed by atoms with Crippen LogP contribution in [0.15, 0.2) is 4.99 Å². The molecular formula is C13H26N2OS. The van der Waals surface area contributed by atoms with E-state index < -0.39 is 0 Å². The lowest BCUT2D eigenvalue weighted by Gasteiger charge is -2.18. The summed E-state index contributed by atoms with van der Waals surface area (Å²) >= 11 is 1.91. The molecule has 0 fully saturated rings. The van der Waals surface area contributed by atoms with E-state index >= 15 is 0 Å². The molecule has 1 atom stereocenters. The number of hydrogen-bond acceptors (Lipinski definition) is 4. The molecule has 1 unspecified atom stereocenters. The lowest BCUT2D eigenvalue weighted by molar-refractivity contribution is 0.0831. The lowest BCUT2D eigenvalue weighted by atomic mass is 9.99. The molecule has 0 aromatic rings. The molecule has 0 aromatic heterocycles. The van der Waals surface area contributed by atoms with Crippen molar-refractivity contribution in [2.75, 3.05) is 19.7 Å². The van der Waals surface area contributed by atoms with Gasteiger partial charge in [0.05, 0.1) is 19.3 Å². The second-order valence-electron chi connectivity index (χ2n) is 4.73. The summed E-state index contributed by atoms with van der Waals surface area (Å²) in [6.07, 6.45) is 2.83. The van der Waals surface area contributed by atoms with Crippen LogP contribution in [0.3, 0.4) is 0 Å². The summed E-state index contributed by atoms with van der Waals surface area (Å²) in [4.78, 5) is 4.56. The van der Waals surface area contributed by atoms with Crippen LogP contribution >= 0.6 is 11.8 Å². The van der Waals surface area contributed by atoms with Gasteiger partial charge in [-0.25, -0.2) is 0 Å². The number of ether oxygens (including phenoxy) is 1. The number of rotatable bonds is 7. The van der Waals surface area contributed by atoms with Crippen molar-refractivity contribution in [2.24, 2.45) is 10.9 Å². The van der Waals surface area contributed by atoms with Crippen molar-refractivity contribution >= 4 is 16.9 Å². The maximum Gasteiger partial charge on any atom is 0.157 e. The van der Waals surface area contributed by atoms with Gasteiger partial charge in [-0.3, -0.25) is 4.99 Å². The predicted octanol–water partition coefficient (Wildman–Crippen LogP) is 2.91. The van der Waals surface area contributed by atoms with Gasteiger partial charge in [0.25, 0.3) is 0 Å². The predicted molar refractivity (Wildman–Crippen MR) is 76.8 cm³/mol.